The highest BCUT2D eigenvalue weighted by molar-refractivity contribution is 7.90. The monoisotopic (exact) mass is 354 g/mol. The van der Waals surface area contributed by atoms with E-state index in [-0.39, 0.29) is 11.9 Å². The number of piperidine rings is 1. The molecule has 0 radical (unpaired) electrons. The summed E-state index contributed by atoms with van der Waals surface area (Å²) in [5.41, 5.74) is 1.05. The Hall–Kier alpha value is -1.64. The summed E-state index contributed by atoms with van der Waals surface area (Å²) < 4.78 is 26.5. The Morgan fingerprint density at radius 1 is 1.12 bits per heavy atom. The number of carbonyl (C=O) groups is 1. The van der Waals surface area contributed by atoms with Crippen molar-refractivity contribution in [1.82, 2.24) is 14.5 Å². The van der Waals surface area contributed by atoms with Crippen LogP contribution < -0.4 is 9.62 Å². The summed E-state index contributed by atoms with van der Waals surface area (Å²) in [4.78, 5) is 14.6. The standard InChI is InChI=1S/C16H26N4O3S/c1-18(2)24(22,23)20(4)15-7-5-13(6-8-15)16(21)17-14-9-11-19(3)12-10-14/h5-8,14H,9-12H2,1-4H3,(H,17,21). The molecule has 1 aromatic carbocycles. The zero-order valence-corrected chi connectivity index (χ0v) is 15.5. The summed E-state index contributed by atoms with van der Waals surface area (Å²) in [5, 5.41) is 3.05. The number of rotatable bonds is 5. The summed E-state index contributed by atoms with van der Waals surface area (Å²) in [6, 6.07) is 6.79. The fourth-order valence-corrected chi connectivity index (χ4v) is 3.50. The number of carbonyl (C=O) groups excluding carboxylic acids is 1. The minimum atomic E-state index is -3.53. The SMILES string of the molecule is CN1CCC(NC(=O)c2ccc(N(C)S(=O)(=O)N(C)C)cc2)CC1. The van der Waals surface area contributed by atoms with Crippen LogP contribution in [0.25, 0.3) is 0 Å². The maximum Gasteiger partial charge on any atom is 0.303 e. The first kappa shape index (κ1) is 18.7. The van der Waals surface area contributed by atoms with Gasteiger partial charge < -0.3 is 10.2 Å². The number of likely N-dealkylation sites (tertiary alicyclic amines) is 1. The van der Waals surface area contributed by atoms with Crippen LogP contribution >= 0.6 is 0 Å². The fourth-order valence-electron chi connectivity index (χ4n) is 2.62. The lowest BCUT2D eigenvalue weighted by molar-refractivity contribution is 0.0917. The van der Waals surface area contributed by atoms with Crippen molar-refractivity contribution in [2.24, 2.45) is 0 Å². The molecule has 0 aliphatic carbocycles. The molecule has 134 valence electrons. The van der Waals surface area contributed by atoms with Gasteiger partial charge in [0.1, 0.15) is 0 Å². The zero-order valence-electron chi connectivity index (χ0n) is 14.7. The smallest absolute Gasteiger partial charge is 0.303 e. The van der Waals surface area contributed by atoms with E-state index in [0.717, 1.165) is 30.2 Å². The molecular formula is C16H26N4O3S. The van der Waals surface area contributed by atoms with Crippen molar-refractivity contribution in [1.29, 1.82) is 0 Å². The quantitative estimate of drug-likeness (QED) is 0.847. The van der Waals surface area contributed by atoms with Crippen molar-refractivity contribution >= 4 is 21.8 Å². The van der Waals surface area contributed by atoms with E-state index in [1.165, 1.54) is 25.4 Å². The fraction of sp³-hybridized carbons (Fsp3) is 0.562. The minimum Gasteiger partial charge on any atom is -0.349 e. The van der Waals surface area contributed by atoms with Gasteiger partial charge in [-0.2, -0.15) is 12.7 Å². The van der Waals surface area contributed by atoms with Crippen molar-refractivity contribution in [2.45, 2.75) is 18.9 Å². The average Bonchev–Trinajstić information content (AvgIpc) is 2.56. The van der Waals surface area contributed by atoms with E-state index in [4.69, 9.17) is 0 Å². The molecule has 7 nitrogen and oxygen atoms in total. The number of hydrogen-bond acceptors (Lipinski definition) is 4. The predicted molar refractivity (Wildman–Crippen MR) is 95.4 cm³/mol. The lowest BCUT2D eigenvalue weighted by Gasteiger charge is -2.29. The van der Waals surface area contributed by atoms with Gasteiger partial charge in [0.25, 0.3) is 5.91 Å². The third-order valence-corrected chi connectivity index (χ3v) is 6.18. The topological polar surface area (TPSA) is 73.0 Å². The molecule has 1 aliphatic heterocycles. The van der Waals surface area contributed by atoms with E-state index in [1.807, 2.05) is 0 Å². The Kier molecular flexibility index (Phi) is 5.84. The molecule has 1 aliphatic rings. The molecule has 1 amide bonds. The Morgan fingerprint density at radius 2 is 1.67 bits per heavy atom. The van der Waals surface area contributed by atoms with E-state index in [0.29, 0.717) is 11.3 Å². The molecular weight excluding hydrogens is 328 g/mol. The first-order chi connectivity index (χ1) is 11.2. The van der Waals surface area contributed by atoms with Gasteiger partial charge in [0, 0.05) is 32.7 Å². The van der Waals surface area contributed by atoms with Crippen LogP contribution in [-0.4, -0.2) is 70.9 Å². The molecule has 1 N–H and O–H groups in total. The van der Waals surface area contributed by atoms with E-state index >= 15 is 0 Å². The van der Waals surface area contributed by atoms with Crippen molar-refractivity contribution in [3.63, 3.8) is 0 Å². The van der Waals surface area contributed by atoms with Gasteiger partial charge in [-0.3, -0.25) is 9.10 Å². The number of hydrogen-bond donors (Lipinski definition) is 1. The maximum atomic E-state index is 12.3. The van der Waals surface area contributed by atoms with Crippen LogP contribution in [0.1, 0.15) is 23.2 Å². The Morgan fingerprint density at radius 3 is 2.17 bits per heavy atom. The first-order valence-electron chi connectivity index (χ1n) is 7.97. The molecule has 0 spiro atoms. The molecule has 1 saturated heterocycles. The van der Waals surface area contributed by atoms with E-state index in [1.54, 1.807) is 24.3 Å². The summed E-state index contributed by atoms with van der Waals surface area (Å²) in [7, 11) is 3.00. The maximum absolute atomic E-state index is 12.3. The lowest BCUT2D eigenvalue weighted by atomic mass is 10.0. The number of benzene rings is 1. The first-order valence-corrected chi connectivity index (χ1v) is 9.37. The number of nitrogens with one attached hydrogen (secondary N) is 1. The van der Waals surface area contributed by atoms with Crippen LogP contribution in [0.2, 0.25) is 0 Å². The van der Waals surface area contributed by atoms with Gasteiger partial charge in [-0.05, 0) is 57.2 Å². The zero-order chi connectivity index (χ0) is 17.9. The highest BCUT2D eigenvalue weighted by atomic mass is 32.2. The molecule has 1 heterocycles. The van der Waals surface area contributed by atoms with Crippen LogP contribution in [0.5, 0.6) is 0 Å². The molecule has 0 atom stereocenters. The second-order valence-electron chi connectivity index (χ2n) is 6.36. The van der Waals surface area contributed by atoms with Crippen molar-refractivity contribution < 1.29 is 13.2 Å². The molecule has 2 rings (SSSR count). The summed E-state index contributed by atoms with van der Waals surface area (Å²) in [5.74, 6) is -0.116. The Balaban J connectivity index is 2.02. The molecule has 24 heavy (non-hydrogen) atoms. The van der Waals surface area contributed by atoms with Crippen LogP contribution in [-0.2, 0) is 10.2 Å². The van der Waals surface area contributed by atoms with Crippen LogP contribution in [0.3, 0.4) is 0 Å². The Bertz CT molecular complexity index is 665. The summed E-state index contributed by atoms with van der Waals surface area (Å²) >= 11 is 0. The second kappa shape index (κ2) is 7.50. The lowest BCUT2D eigenvalue weighted by Crippen LogP contribution is -2.43. The summed E-state index contributed by atoms with van der Waals surface area (Å²) in [6.07, 6.45) is 1.90. The third-order valence-electron chi connectivity index (χ3n) is 4.35. The molecule has 0 bridgehead atoms. The minimum absolute atomic E-state index is 0.116. The number of amides is 1. The second-order valence-corrected chi connectivity index (χ2v) is 8.53. The highest BCUT2D eigenvalue weighted by Crippen LogP contribution is 2.18. The van der Waals surface area contributed by atoms with Gasteiger partial charge in [0.05, 0.1) is 5.69 Å². The van der Waals surface area contributed by atoms with Gasteiger partial charge in [-0.25, -0.2) is 0 Å². The number of anilines is 1. The van der Waals surface area contributed by atoms with Gasteiger partial charge in [0.2, 0.25) is 0 Å². The van der Waals surface area contributed by atoms with Crippen LogP contribution in [0.15, 0.2) is 24.3 Å². The molecule has 0 unspecified atom stereocenters. The van der Waals surface area contributed by atoms with E-state index in [2.05, 4.69) is 17.3 Å². The molecule has 1 fully saturated rings. The van der Waals surface area contributed by atoms with Gasteiger partial charge in [-0.15, -0.1) is 0 Å². The van der Waals surface area contributed by atoms with Crippen molar-refractivity contribution in [2.75, 3.05) is 45.6 Å². The third kappa shape index (κ3) is 4.25. The highest BCUT2D eigenvalue weighted by Gasteiger charge is 2.22. The molecule has 0 aromatic heterocycles. The average molecular weight is 354 g/mol. The molecule has 8 heteroatoms. The normalized spacial score (nSPS) is 17.0. The molecule has 1 aromatic rings. The molecule has 0 saturated carbocycles. The van der Waals surface area contributed by atoms with Crippen molar-refractivity contribution in [3.8, 4) is 0 Å². The van der Waals surface area contributed by atoms with Gasteiger partial charge in [-0.1, -0.05) is 0 Å². The van der Waals surface area contributed by atoms with Crippen LogP contribution in [0, 0.1) is 0 Å². The largest absolute Gasteiger partial charge is 0.349 e. The number of nitrogens with zero attached hydrogens (tertiary/aromatic N) is 3. The van der Waals surface area contributed by atoms with Crippen LogP contribution in [0.4, 0.5) is 5.69 Å². The van der Waals surface area contributed by atoms with E-state index < -0.39 is 10.2 Å². The predicted octanol–water partition coefficient (Wildman–Crippen LogP) is 0.753. The Labute approximate surface area is 144 Å². The van der Waals surface area contributed by atoms with Gasteiger partial charge in [0.15, 0.2) is 0 Å². The summed E-state index contributed by atoms with van der Waals surface area (Å²) in [6.45, 7) is 1.97. The van der Waals surface area contributed by atoms with Gasteiger partial charge >= 0.3 is 10.2 Å². The van der Waals surface area contributed by atoms with Crippen molar-refractivity contribution in [3.05, 3.63) is 29.8 Å². The van der Waals surface area contributed by atoms with E-state index in [9.17, 15) is 13.2 Å².